The summed E-state index contributed by atoms with van der Waals surface area (Å²) in [6.45, 7) is 0.329. The third-order valence-corrected chi connectivity index (χ3v) is 5.11. The van der Waals surface area contributed by atoms with Gasteiger partial charge < -0.3 is 15.6 Å². The topological polar surface area (TPSA) is 92.9 Å². The zero-order valence-electron chi connectivity index (χ0n) is 11.2. The van der Waals surface area contributed by atoms with Gasteiger partial charge in [-0.1, -0.05) is 12.1 Å². The van der Waals surface area contributed by atoms with E-state index in [1.54, 1.807) is 24.3 Å². The number of rotatable bonds is 6. The molecule has 3 N–H and O–H groups in total. The molecule has 6 nitrogen and oxygen atoms in total. The van der Waals surface area contributed by atoms with Crippen LogP contribution in [0, 0.1) is 0 Å². The fraction of sp³-hybridized carbons (Fsp3) is 0.538. The van der Waals surface area contributed by atoms with E-state index in [0.717, 1.165) is 12.8 Å². The lowest BCUT2D eigenvalue weighted by Crippen LogP contribution is -2.39. The van der Waals surface area contributed by atoms with Crippen LogP contribution in [-0.4, -0.2) is 45.1 Å². The molecule has 1 aliphatic rings. The molecule has 2 rings (SSSR count). The van der Waals surface area contributed by atoms with Crippen LogP contribution in [0.1, 0.15) is 12.8 Å². The van der Waals surface area contributed by atoms with Crippen LogP contribution in [0.4, 0.5) is 11.4 Å². The zero-order valence-corrected chi connectivity index (χ0v) is 12.1. The fourth-order valence-corrected chi connectivity index (χ4v) is 4.05. The highest BCUT2D eigenvalue weighted by atomic mass is 32.2. The van der Waals surface area contributed by atoms with E-state index < -0.39 is 10.0 Å². The molecule has 112 valence electrons. The lowest BCUT2D eigenvalue weighted by Gasteiger charge is -2.26. The molecule has 0 aromatic heterocycles. The number of hydrogen-bond donors (Lipinski definition) is 2. The lowest BCUT2D eigenvalue weighted by atomic mass is 10.3. The van der Waals surface area contributed by atoms with Crippen molar-refractivity contribution < 1.29 is 18.3 Å². The second-order valence-corrected chi connectivity index (χ2v) is 6.71. The summed E-state index contributed by atoms with van der Waals surface area (Å²) in [5.74, 6) is -0.0820. The Balaban J connectivity index is 2.25. The maximum Gasteiger partial charge on any atom is 0.237 e. The SMILES string of the molecule is Nc1ccccc1N(CCO)S(=O)(=O)CC1CCCO1. The molecule has 1 atom stereocenters. The van der Waals surface area contributed by atoms with Gasteiger partial charge >= 0.3 is 0 Å². The summed E-state index contributed by atoms with van der Waals surface area (Å²) in [5.41, 5.74) is 6.61. The smallest absolute Gasteiger partial charge is 0.237 e. The number of aliphatic hydroxyl groups excluding tert-OH is 1. The summed E-state index contributed by atoms with van der Waals surface area (Å²) in [5, 5.41) is 9.13. The lowest BCUT2D eigenvalue weighted by molar-refractivity contribution is 0.127. The highest BCUT2D eigenvalue weighted by Gasteiger charge is 2.29. The summed E-state index contributed by atoms with van der Waals surface area (Å²) in [7, 11) is -3.58. The van der Waals surface area contributed by atoms with Crippen molar-refractivity contribution in [1.82, 2.24) is 0 Å². The monoisotopic (exact) mass is 300 g/mol. The maximum atomic E-state index is 12.5. The summed E-state index contributed by atoms with van der Waals surface area (Å²) in [4.78, 5) is 0. The molecule has 1 aromatic rings. The predicted molar refractivity (Wildman–Crippen MR) is 78.0 cm³/mol. The average molecular weight is 300 g/mol. The number of sulfonamides is 1. The van der Waals surface area contributed by atoms with Gasteiger partial charge in [0, 0.05) is 6.61 Å². The van der Waals surface area contributed by atoms with Gasteiger partial charge in [0.25, 0.3) is 0 Å². The highest BCUT2D eigenvalue weighted by Crippen LogP contribution is 2.26. The van der Waals surface area contributed by atoms with Gasteiger partial charge in [-0.05, 0) is 25.0 Å². The van der Waals surface area contributed by atoms with Gasteiger partial charge in [0.05, 0.1) is 36.4 Å². The molecule has 0 bridgehead atoms. The molecule has 0 amide bonds. The quantitative estimate of drug-likeness (QED) is 0.750. The van der Waals surface area contributed by atoms with Crippen molar-refractivity contribution in [2.24, 2.45) is 0 Å². The maximum absolute atomic E-state index is 12.5. The van der Waals surface area contributed by atoms with Crippen molar-refractivity contribution in [3.8, 4) is 0 Å². The first kappa shape index (κ1) is 15.1. The molecular weight excluding hydrogens is 280 g/mol. The van der Waals surface area contributed by atoms with Crippen LogP contribution in [0.5, 0.6) is 0 Å². The molecule has 1 heterocycles. The van der Waals surface area contributed by atoms with Crippen LogP contribution in [0.2, 0.25) is 0 Å². The Bertz CT molecular complexity index is 541. The van der Waals surface area contributed by atoms with E-state index in [9.17, 15) is 8.42 Å². The van der Waals surface area contributed by atoms with Gasteiger partial charge in [-0.25, -0.2) is 8.42 Å². The van der Waals surface area contributed by atoms with Gasteiger partial charge in [-0.3, -0.25) is 4.31 Å². The molecule has 1 unspecified atom stereocenters. The molecule has 20 heavy (non-hydrogen) atoms. The van der Waals surface area contributed by atoms with Gasteiger partial charge in [-0.15, -0.1) is 0 Å². The standard InChI is InChI=1S/C13H20N2O4S/c14-12-5-1-2-6-13(12)15(7-8-16)20(17,18)10-11-4-3-9-19-11/h1-2,5-6,11,16H,3-4,7-10,14H2. The van der Waals surface area contributed by atoms with Gasteiger partial charge in [0.15, 0.2) is 0 Å². The van der Waals surface area contributed by atoms with Crippen molar-refractivity contribution in [3.63, 3.8) is 0 Å². The summed E-state index contributed by atoms with van der Waals surface area (Å²) >= 11 is 0. The summed E-state index contributed by atoms with van der Waals surface area (Å²) < 4.78 is 31.6. The molecule has 1 saturated heterocycles. The molecule has 0 aliphatic carbocycles. The van der Waals surface area contributed by atoms with Gasteiger partial charge in [0.1, 0.15) is 0 Å². The Labute approximate surface area is 119 Å². The van der Waals surface area contributed by atoms with Crippen LogP contribution in [0.25, 0.3) is 0 Å². The van der Waals surface area contributed by atoms with E-state index in [4.69, 9.17) is 15.6 Å². The van der Waals surface area contributed by atoms with Crippen LogP contribution >= 0.6 is 0 Å². The number of benzene rings is 1. The number of nitrogen functional groups attached to an aromatic ring is 1. The molecule has 0 spiro atoms. The van der Waals surface area contributed by atoms with E-state index in [-0.39, 0.29) is 25.0 Å². The Hall–Kier alpha value is -1.31. The van der Waals surface area contributed by atoms with Crippen molar-refractivity contribution in [1.29, 1.82) is 0 Å². The molecule has 0 radical (unpaired) electrons. The largest absolute Gasteiger partial charge is 0.397 e. The highest BCUT2D eigenvalue weighted by molar-refractivity contribution is 7.92. The first-order chi connectivity index (χ1) is 9.54. The number of hydrogen-bond acceptors (Lipinski definition) is 5. The zero-order chi connectivity index (χ0) is 14.6. The minimum Gasteiger partial charge on any atom is -0.397 e. The first-order valence-corrected chi connectivity index (χ1v) is 8.23. The number of aliphatic hydroxyl groups is 1. The Morgan fingerprint density at radius 1 is 1.40 bits per heavy atom. The predicted octanol–water partition coefficient (Wildman–Crippen LogP) is 0.576. The first-order valence-electron chi connectivity index (χ1n) is 6.62. The van der Waals surface area contributed by atoms with Crippen molar-refractivity contribution >= 4 is 21.4 Å². The normalized spacial score (nSPS) is 19.1. The molecule has 0 saturated carbocycles. The molecule has 1 aliphatic heterocycles. The van der Waals surface area contributed by atoms with Gasteiger partial charge in [-0.2, -0.15) is 0 Å². The Morgan fingerprint density at radius 2 is 2.15 bits per heavy atom. The summed E-state index contributed by atoms with van der Waals surface area (Å²) in [6, 6.07) is 6.74. The van der Waals surface area contributed by atoms with Crippen LogP contribution < -0.4 is 10.0 Å². The van der Waals surface area contributed by atoms with Crippen LogP contribution in [0.15, 0.2) is 24.3 Å². The van der Waals surface area contributed by atoms with Crippen molar-refractivity contribution in [2.75, 3.05) is 35.6 Å². The number of ether oxygens (including phenoxy) is 1. The second-order valence-electron chi connectivity index (χ2n) is 4.77. The van der Waals surface area contributed by atoms with Gasteiger partial charge in [0.2, 0.25) is 10.0 Å². The number of para-hydroxylation sites is 2. The Kier molecular flexibility index (Phi) is 4.85. The number of nitrogens with zero attached hydrogens (tertiary/aromatic N) is 1. The third-order valence-electron chi connectivity index (χ3n) is 3.26. The average Bonchev–Trinajstić information content (AvgIpc) is 2.89. The third kappa shape index (κ3) is 3.41. The minimum atomic E-state index is -3.58. The molecule has 7 heteroatoms. The van der Waals surface area contributed by atoms with E-state index in [1.807, 2.05) is 0 Å². The fourth-order valence-electron chi connectivity index (χ4n) is 2.32. The van der Waals surface area contributed by atoms with Crippen molar-refractivity contribution in [2.45, 2.75) is 18.9 Å². The van der Waals surface area contributed by atoms with E-state index >= 15 is 0 Å². The van der Waals surface area contributed by atoms with Crippen molar-refractivity contribution in [3.05, 3.63) is 24.3 Å². The second kappa shape index (κ2) is 6.43. The number of anilines is 2. The van der Waals surface area contributed by atoms with Crippen LogP contribution in [0.3, 0.4) is 0 Å². The van der Waals surface area contributed by atoms with E-state index in [2.05, 4.69) is 0 Å². The Morgan fingerprint density at radius 3 is 2.75 bits per heavy atom. The number of nitrogens with two attached hydrogens (primary N) is 1. The molecular formula is C13H20N2O4S. The molecule has 1 fully saturated rings. The summed E-state index contributed by atoms with van der Waals surface area (Å²) in [6.07, 6.45) is 1.36. The van der Waals surface area contributed by atoms with E-state index in [0.29, 0.717) is 18.0 Å². The minimum absolute atomic E-state index is 0.0106. The van der Waals surface area contributed by atoms with Crippen LogP contribution in [-0.2, 0) is 14.8 Å². The van der Waals surface area contributed by atoms with E-state index in [1.165, 1.54) is 4.31 Å². The molecule has 1 aromatic carbocycles.